The van der Waals surface area contributed by atoms with Crippen molar-refractivity contribution in [1.29, 1.82) is 0 Å². The van der Waals surface area contributed by atoms with E-state index in [0.717, 1.165) is 64.2 Å². The normalized spacial score (nSPS) is 14.5. The van der Waals surface area contributed by atoms with Gasteiger partial charge in [-0.2, -0.15) is 0 Å². The Balaban J connectivity index is 4.33. The number of hydrogen-bond acceptors (Lipinski definition) is 6. The van der Waals surface area contributed by atoms with E-state index in [1.807, 2.05) is 27.2 Å². The lowest BCUT2D eigenvalue weighted by atomic mass is 10.0. The van der Waals surface area contributed by atoms with Gasteiger partial charge in [-0.15, -0.1) is 0 Å². The maximum atomic E-state index is 12.9. The van der Waals surface area contributed by atoms with Crippen LogP contribution in [0.15, 0.2) is 36.5 Å². The molecule has 0 aromatic carbocycles. The summed E-state index contributed by atoms with van der Waals surface area (Å²) < 4.78 is 23.2. The molecular weight excluding hydrogens is 744 g/mol. The van der Waals surface area contributed by atoms with Gasteiger partial charge in [0.05, 0.1) is 39.9 Å². The van der Waals surface area contributed by atoms with Gasteiger partial charge in [-0.1, -0.05) is 204 Å². The highest BCUT2D eigenvalue weighted by Crippen LogP contribution is 2.38. The first-order valence-electron chi connectivity index (χ1n) is 24.4. The lowest BCUT2D eigenvalue weighted by Crippen LogP contribution is -2.45. The monoisotopic (exact) mass is 839 g/mol. The molecule has 0 spiro atoms. The lowest BCUT2D eigenvalue weighted by molar-refractivity contribution is -0.870. The third-order valence-corrected chi connectivity index (χ3v) is 11.8. The fourth-order valence-corrected chi connectivity index (χ4v) is 7.66. The molecule has 0 bridgehead atoms. The summed E-state index contributed by atoms with van der Waals surface area (Å²) in [6.07, 6.45) is 50.5. The van der Waals surface area contributed by atoms with Crippen molar-refractivity contribution in [3.8, 4) is 0 Å². The van der Waals surface area contributed by atoms with Gasteiger partial charge in [-0.25, -0.2) is 0 Å². The van der Waals surface area contributed by atoms with Gasteiger partial charge < -0.3 is 28.8 Å². The Morgan fingerprint density at radius 2 is 1.02 bits per heavy atom. The van der Waals surface area contributed by atoms with Crippen molar-refractivity contribution < 1.29 is 32.9 Å². The maximum Gasteiger partial charge on any atom is 0.268 e. The van der Waals surface area contributed by atoms with Crippen molar-refractivity contribution >= 4 is 13.7 Å². The Morgan fingerprint density at radius 1 is 0.603 bits per heavy atom. The topological polar surface area (TPSA) is 108 Å². The van der Waals surface area contributed by atoms with Crippen LogP contribution in [-0.4, -0.2) is 68.5 Å². The molecule has 9 heteroatoms. The summed E-state index contributed by atoms with van der Waals surface area (Å²) in [5, 5.41) is 13.8. The number of likely N-dealkylation sites (N-methyl/N-ethyl adjacent to an activating group) is 1. The minimum absolute atomic E-state index is 0.00398. The zero-order valence-electron chi connectivity index (χ0n) is 38.8. The summed E-state index contributed by atoms with van der Waals surface area (Å²) in [5.41, 5.74) is 0. The van der Waals surface area contributed by atoms with Crippen LogP contribution in [0, 0.1) is 0 Å². The number of nitrogens with one attached hydrogen (secondary N) is 1. The van der Waals surface area contributed by atoms with Crippen molar-refractivity contribution in [3.05, 3.63) is 36.5 Å². The molecule has 8 nitrogen and oxygen atoms in total. The quantitative estimate of drug-likeness (QED) is 0.0274. The molecule has 2 N–H and O–H groups in total. The van der Waals surface area contributed by atoms with Gasteiger partial charge in [0.15, 0.2) is 0 Å². The van der Waals surface area contributed by atoms with Gasteiger partial charge in [0.25, 0.3) is 7.82 Å². The van der Waals surface area contributed by atoms with Crippen molar-refractivity contribution in [3.63, 3.8) is 0 Å². The zero-order valence-corrected chi connectivity index (χ0v) is 39.6. The third kappa shape index (κ3) is 42.8. The average Bonchev–Trinajstić information content (AvgIpc) is 3.17. The minimum Gasteiger partial charge on any atom is -0.756 e. The highest BCUT2D eigenvalue weighted by molar-refractivity contribution is 7.45. The summed E-state index contributed by atoms with van der Waals surface area (Å²) in [7, 11) is 1.25. The van der Waals surface area contributed by atoms with Gasteiger partial charge in [-0.05, 0) is 44.9 Å². The predicted octanol–water partition coefficient (Wildman–Crippen LogP) is 13.2. The molecule has 0 aliphatic carbocycles. The molecule has 0 saturated carbocycles. The maximum absolute atomic E-state index is 12.9. The second-order valence-corrected chi connectivity index (χ2v) is 19.2. The molecule has 0 aliphatic heterocycles. The molecule has 0 fully saturated rings. The van der Waals surface area contributed by atoms with Crippen LogP contribution in [0.2, 0.25) is 0 Å². The number of allylic oxidation sites excluding steroid dienone is 5. The molecular formula is C49H95N2O6P. The van der Waals surface area contributed by atoms with Crippen LogP contribution in [0.4, 0.5) is 0 Å². The van der Waals surface area contributed by atoms with E-state index >= 15 is 0 Å². The van der Waals surface area contributed by atoms with Crippen molar-refractivity contribution in [2.45, 2.75) is 231 Å². The fraction of sp³-hybridized carbons (Fsp3) is 0.857. The second-order valence-electron chi connectivity index (χ2n) is 17.8. The van der Waals surface area contributed by atoms with Crippen LogP contribution in [0.1, 0.15) is 219 Å². The van der Waals surface area contributed by atoms with Crippen LogP contribution >= 0.6 is 7.82 Å². The van der Waals surface area contributed by atoms with Crippen LogP contribution < -0.4 is 10.2 Å². The summed E-state index contributed by atoms with van der Waals surface area (Å²) in [5.74, 6) is -0.211. The Morgan fingerprint density at radius 3 is 1.48 bits per heavy atom. The molecule has 3 atom stereocenters. The van der Waals surface area contributed by atoms with E-state index < -0.39 is 20.0 Å². The fourth-order valence-electron chi connectivity index (χ4n) is 6.93. The van der Waals surface area contributed by atoms with Crippen LogP contribution in [0.25, 0.3) is 0 Å². The molecule has 3 unspecified atom stereocenters. The number of phosphoric ester groups is 1. The van der Waals surface area contributed by atoms with Crippen LogP contribution in [-0.2, 0) is 18.4 Å². The van der Waals surface area contributed by atoms with Crippen molar-refractivity contribution in [1.82, 2.24) is 5.32 Å². The number of rotatable bonds is 44. The van der Waals surface area contributed by atoms with Gasteiger partial charge in [0, 0.05) is 6.42 Å². The number of quaternary nitrogens is 1. The number of carbonyl (C=O) groups is 1. The minimum atomic E-state index is -4.59. The third-order valence-electron chi connectivity index (χ3n) is 10.8. The zero-order chi connectivity index (χ0) is 42.8. The molecule has 0 aromatic heterocycles. The first-order chi connectivity index (χ1) is 28.0. The number of amides is 1. The lowest BCUT2D eigenvalue weighted by Gasteiger charge is -2.29. The van der Waals surface area contributed by atoms with E-state index in [-0.39, 0.29) is 19.1 Å². The molecule has 0 aromatic rings. The Labute approximate surface area is 359 Å². The van der Waals surface area contributed by atoms with Gasteiger partial charge in [0.2, 0.25) is 5.91 Å². The molecule has 0 rings (SSSR count). The van der Waals surface area contributed by atoms with Crippen LogP contribution in [0.5, 0.6) is 0 Å². The van der Waals surface area contributed by atoms with Crippen molar-refractivity contribution in [2.75, 3.05) is 40.9 Å². The molecule has 0 saturated heterocycles. The standard InChI is InChI=1S/C49H95N2O6P/c1-6-8-10-12-14-16-18-20-22-23-24-25-26-27-28-29-30-32-34-36-38-40-42-48(52)47(46-57-58(54,55)56-45-44-51(3,4)5)50-49(53)43-41-39-37-35-33-31-21-19-17-15-13-11-9-7-2/h13,15,19,21,40,42,47-48,52H,6-12,14,16-18,20,22-39,41,43-46H2,1-5H3,(H-,50,53,54,55)/b15-13-,21-19-,42-40+. The predicted molar refractivity (Wildman–Crippen MR) is 247 cm³/mol. The Bertz CT molecular complexity index is 1040. The molecule has 58 heavy (non-hydrogen) atoms. The molecule has 0 aliphatic rings. The summed E-state index contributed by atoms with van der Waals surface area (Å²) in [6, 6.07) is -0.892. The van der Waals surface area contributed by atoms with E-state index in [0.29, 0.717) is 17.4 Å². The van der Waals surface area contributed by atoms with E-state index in [1.54, 1.807) is 6.08 Å². The molecule has 0 radical (unpaired) electrons. The number of unbranched alkanes of at least 4 members (excludes halogenated alkanes) is 27. The highest BCUT2D eigenvalue weighted by atomic mass is 31.2. The average molecular weight is 839 g/mol. The number of aliphatic hydroxyl groups is 1. The summed E-state index contributed by atoms with van der Waals surface area (Å²) in [6.45, 7) is 4.60. The first-order valence-corrected chi connectivity index (χ1v) is 25.8. The summed E-state index contributed by atoms with van der Waals surface area (Å²) in [4.78, 5) is 25.3. The van der Waals surface area contributed by atoms with E-state index in [1.165, 1.54) is 135 Å². The summed E-state index contributed by atoms with van der Waals surface area (Å²) >= 11 is 0. The van der Waals surface area contributed by atoms with Gasteiger partial charge in [-0.3, -0.25) is 9.36 Å². The molecule has 0 heterocycles. The first kappa shape index (κ1) is 56.7. The van der Waals surface area contributed by atoms with Crippen LogP contribution in [0.3, 0.4) is 0 Å². The van der Waals surface area contributed by atoms with Gasteiger partial charge >= 0.3 is 0 Å². The number of hydrogen-bond donors (Lipinski definition) is 2. The number of nitrogens with zero attached hydrogens (tertiary/aromatic N) is 1. The number of carbonyl (C=O) groups excluding carboxylic acids is 1. The number of phosphoric acid groups is 1. The highest BCUT2D eigenvalue weighted by Gasteiger charge is 2.23. The molecule has 342 valence electrons. The Hall–Kier alpha value is -1.28. The number of aliphatic hydroxyl groups excluding tert-OH is 1. The van der Waals surface area contributed by atoms with Gasteiger partial charge in [0.1, 0.15) is 13.2 Å². The largest absolute Gasteiger partial charge is 0.756 e. The second kappa shape index (κ2) is 41.1. The van der Waals surface area contributed by atoms with E-state index in [9.17, 15) is 19.4 Å². The van der Waals surface area contributed by atoms with E-state index in [4.69, 9.17) is 9.05 Å². The van der Waals surface area contributed by atoms with Crippen molar-refractivity contribution in [2.24, 2.45) is 0 Å². The SMILES string of the molecule is CCCC/C=C\C/C=C\CCCCCCCC(=O)NC(COP(=O)([O-])OCC[N+](C)(C)C)C(O)/C=C/CCCCCCCCCCCCCCCCCCCCCC. The smallest absolute Gasteiger partial charge is 0.268 e. The Kier molecular flexibility index (Phi) is 40.2. The van der Waals surface area contributed by atoms with E-state index in [2.05, 4.69) is 43.5 Å². The molecule has 1 amide bonds.